The first kappa shape index (κ1) is 17.7. The number of hydrogen-bond donors (Lipinski definition) is 1. The molecular formula is C22H18FN3O2. The first-order valence-corrected chi connectivity index (χ1v) is 8.75. The van der Waals surface area contributed by atoms with Crippen LogP contribution >= 0.6 is 0 Å². The number of nitrogens with one attached hydrogen (secondary N) is 1. The lowest BCUT2D eigenvalue weighted by molar-refractivity contribution is 0.102. The molecule has 0 aliphatic heterocycles. The maximum Gasteiger partial charge on any atom is 0.255 e. The van der Waals surface area contributed by atoms with Gasteiger partial charge in [0.1, 0.15) is 11.3 Å². The van der Waals surface area contributed by atoms with E-state index in [4.69, 9.17) is 4.42 Å². The Morgan fingerprint density at radius 1 is 1.00 bits per heavy atom. The van der Waals surface area contributed by atoms with Gasteiger partial charge in [-0.25, -0.2) is 9.37 Å². The van der Waals surface area contributed by atoms with Crippen LogP contribution in [0.4, 0.5) is 15.8 Å². The summed E-state index contributed by atoms with van der Waals surface area (Å²) in [5.74, 6) is -0.184. The van der Waals surface area contributed by atoms with Crippen LogP contribution < -0.4 is 10.2 Å². The number of nitrogens with zero attached hydrogens (tertiary/aromatic N) is 2. The molecule has 5 nitrogen and oxygen atoms in total. The summed E-state index contributed by atoms with van der Waals surface area (Å²) in [7, 11) is 3.96. The van der Waals surface area contributed by atoms with Crippen LogP contribution in [-0.4, -0.2) is 25.0 Å². The predicted octanol–water partition coefficient (Wildman–Crippen LogP) is 4.95. The smallest absolute Gasteiger partial charge is 0.255 e. The van der Waals surface area contributed by atoms with Gasteiger partial charge >= 0.3 is 0 Å². The van der Waals surface area contributed by atoms with Crippen LogP contribution in [0.2, 0.25) is 0 Å². The molecule has 0 aliphatic carbocycles. The van der Waals surface area contributed by atoms with Crippen LogP contribution in [0.3, 0.4) is 0 Å². The van der Waals surface area contributed by atoms with E-state index in [1.165, 1.54) is 24.3 Å². The molecular weight excluding hydrogens is 357 g/mol. The van der Waals surface area contributed by atoms with Crippen LogP contribution in [0.5, 0.6) is 0 Å². The number of rotatable bonds is 4. The maximum atomic E-state index is 13.0. The molecule has 1 amide bonds. The van der Waals surface area contributed by atoms with Crippen molar-refractivity contribution in [2.45, 2.75) is 0 Å². The summed E-state index contributed by atoms with van der Waals surface area (Å²) in [5, 5.41) is 2.79. The molecule has 0 saturated carbocycles. The van der Waals surface area contributed by atoms with E-state index in [0.717, 1.165) is 11.3 Å². The summed E-state index contributed by atoms with van der Waals surface area (Å²) in [6.45, 7) is 0. The number of carbonyl (C=O) groups is 1. The summed E-state index contributed by atoms with van der Waals surface area (Å²) in [6.07, 6.45) is 0. The van der Waals surface area contributed by atoms with Crippen molar-refractivity contribution in [3.05, 3.63) is 78.1 Å². The Bertz CT molecular complexity index is 1130. The molecule has 4 rings (SSSR count). The Morgan fingerprint density at radius 2 is 1.71 bits per heavy atom. The summed E-state index contributed by atoms with van der Waals surface area (Å²) >= 11 is 0. The minimum atomic E-state index is -0.383. The van der Waals surface area contributed by atoms with Crippen molar-refractivity contribution >= 4 is 28.4 Å². The molecule has 4 aromatic rings. The second kappa shape index (κ2) is 7.15. The first-order valence-electron chi connectivity index (χ1n) is 8.75. The number of hydrogen-bond acceptors (Lipinski definition) is 4. The van der Waals surface area contributed by atoms with Crippen molar-refractivity contribution in [1.82, 2.24) is 4.98 Å². The zero-order valence-corrected chi connectivity index (χ0v) is 15.4. The number of fused-ring (bicyclic) bond motifs is 1. The molecule has 0 atom stereocenters. The van der Waals surface area contributed by atoms with E-state index in [-0.39, 0.29) is 11.7 Å². The Hall–Kier alpha value is -3.67. The third-order valence-electron chi connectivity index (χ3n) is 4.38. The van der Waals surface area contributed by atoms with Gasteiger partial charge in [0.25, 0.3) is 5.91 Å². The van der Waals surface area contributed by atoms with Gasteiger partial charge in [0, 0.05) is 36.6 Å². The molecule has 0 bridgehead atoms. The fraction of sp³-hybridized carbons (Fsp3) is 0.0909. The van der Waals surface area contributed by atoms with Crippen LogP contribution in [0.15, 0.2) is 71.1 Å². The summed E-state index contributed by atoms with van der Waals surface area (Å²) < 4.78 is 18.8. The van der Waals surface area contributed by atoms with Gasteiger partial charge < -0.3 is 14.6 Å². The van der Waals surface area contributed by atoms with E-state index in [1.54, 1.807) is 18.2 Å². The minimum absolute atomic E-state index is 0.317. The number of anilines is 2. The van der Waals surface area contributed by atoms with Crippen molar-refractivity contribution < 1.29 is 13.6 Å². The van der Waals surface area contributed by atoms with Gasteiger partial charge in [-0.15, -0.1) is 0 Å². The van der Waals surface area contributed by atoms with E-state index in [1.807, 2.05) is 43.3 Å². The van der Waals surface area contributed by atoms with Crippen LogP contribution in [0.1, 0.15) is 10.4 Å². The average Bonchev–Trinajstić information content (AvgIpc) is 3.12. The maximum absolute atomic E-state index is 13.0. The lowest BCUT2D eigenvalue weighted by Crippen LogP contribution is -2.11. The molecule has 0 spiro atoms. The Balaban J connectivity index is 1.57. The van der Waals surface area contributed by atoms with Gasteiger partial charge in [0.15, 0.2) is 5.58 Å². The number of carbonyl (C=O) groups excluding carboxylic acids is 1. The van der Waals surface area contributed by atoms with Gasteiger partial charge in [0.2, 0.25) is 5.89 Å². The SMILES string of the molecule is CN(C)c1ccc(-c2nc3cc(NC(=O)c4ccc(F)cc4)ccc3o2)cc1. The highest BCUT2D eigenvalue weighted by atomic mass is 19.1. The van der Waals surface area contributed by atoms with E-state index in [0.29, 0.717) is 28.2 Å². The second-order valence-electron chi connectivity index (χ2n) is 6.60. The average molecular weight is 375 g/mol. The molecule has 1 N–H and O–H groups in total. The van der Waals surface area contributed by atoms with Gasteiger partial charge in [-0.2, -0.15) is 0 Å². The highest BCUT2D eigenvalue weighted by Crippen LogP contribution is 2.27. The van der Waals surface area contributed by atoms with E-state index in [2.05, 4.69) is 10.3 Å². The number of aromatic nitrogens is 1. The predicted molar refractivity (Wildman–Crippen MR) is 108 cm³/mol. The number of amides is 1. The molecule has 0 unspecified atom stereocenters. The highest BCUT2D eigenvalue weighted by molar-refractivity contribution is 6.04. The Labute approximate surface area is 161 Å². The Morgan fingerprint density at radius 3 is 2.39 bits per heavy atom. The molecule has 0 saturated heterocycles. The number of halogens is 1. The normalized spacial score (nSPS) is 10.8. The van der Waals surface area contributed by atoms with Crippen LogP contribution in [0.25, 0.3) is 22.6 Å². The van der Waals surface area contributed by atoms with Crippen molar-refractivity contribution in [3.63, 3.8) is 0 Å². The third-order valence-corrected chi connectivity index (χ3v) is 4.38. The highest BCUT2D eigenvalue weighted by Gasteiger charge is 2.11. The van der Waals surface area contributed by atoms with E-state index >= 15 is 0 Å². The summed E-state index contributed by atoms with van der Waals surface area (Å²) in [4.78, 5) is 18.8. The summed E-state index contributed by atoms with van der Waals surface area (Å²) in [6, 6.07) is 18.6. The van der Waals surface area contributed by atoms with Gasteiger partial charge in [-0.05, 0) is 66.7 Å². The topological polar surface area (TPSA) is 58.4 Å². The molecule has 3 aromatic carbocycles. The molecule has 1 heterocycles. The fourth-order valence-corrected chi connectivity index (χ4v) is 2.84. The lowest BCUT2D eigenvalue weighted by Gasteiger charge is -2.11. The zero-order valence-electron chi connectivity index (χ0n) is 15.4. The lowest BCUT2D eigenvalue weighted by atomic mass is 10.2. The second-order valence-corrected chi connectivity index (χ2v) is 6.60. The van der Waals surface area contributed by atoms with Crippen molar-refractivity contribution in [2.24, 2.45) is 0 Å². The van der Waals surface area contributed by atoms with Crippen molar-refractivity contribution in [2.75, 3.05) is 24.3 Å². The third kappa shape index (κ3) is 3.57. The molecule has 140 valence electrons. The van der Waals surface area contributed by atoms with Crippen molar-refractivity contribution in [1.29, 1.82) is 0 Å². The Kier molecular flexibility index (Phi) is 4.53. The standard InChI is InChI=1S/C22H18FN3O2/c1-26(2)18-10-5-15(6-11-18)22-25-19-13-17(9-12-20(19)28-22)24-21(27)14-3-7-16(23)8-4-14/h3-13H,1-2H3,(H,24,27). The number of benzene rings is 3. The monoisotopic (exact) mass is 375 g/mol. The molecule has 0 aliphatic rings. The van der Waals surface area contributed by atoms with E-state index in [9.17, 15) is 9.18 Å². The van der Waals surface area contributed by atoms with Gasteiger partial charge in [-0.3, -0.25) is 4.79 Å². The fourth-order valence-electron chi connectivity index (χ4n) is 2.84. The number of oxazole rings is 1. The molecule has 1 aromatic heterocycles. The first-order chi connectivity index (χ1) is 13.5. The van der Waals surface area contributed by atoms with Crippen LogP contribution in [-0.2, 0) is 0 Å². The molecule has 0 radical (unpaired) electrons. The largest absolute Gasteiger partial charge is 0.436 e. The van der Waals surface area contributed by atoms with Crippen molar-refractivity contribution in [3.8, 4) is 11.5 Å². The van der Waals surface area contributed by atoms with Gasteiger partial charge in [0.05, 0.1) is 0 Å². The van der Waals surface area contributed by atoms with Gasteiger partial charge in [-0.1, -0.05) is 0 Å². The molecule has 28 heavy (non-hydrogen) atoms. The molecule has 0 fully saturated rings. The molecule has 6 heteroatoms. The van der Waals surface area contributed by atoms with Crippen LogP contribution in [0, 0.1) is 5.82 Å². The summed E-state index contributed by atoms with van der Waals surface area (Å²) in [5.41, 5.74) is 4.20. The quantitative estimate of drug-likeness (QED) is 0.548. The minimum Gasteiger partial charge on any atom is -0.436 e. The van der Waals surface area contributed by atoms with E-state index < -0.39 is 0 Å². The zero-order chi connectivity index (χ0) is 19.7.